The Bertz CT molecular complexity index is 1330. The average molecular weight is 520 g/mol. The fourth-order valence-electron chi connectivity index (χ4n) is 3.86. The van der Waals surface area contributed by atoms with Crippen LogP contribution in [0.5, 0.6) is 0 Å². The van der Waals surface area contributed by atoms with Gasteiger partial charge in [0.2, 0.25) is 5.91 Å². The molecule has 0 saturated carbocycles. The zero-order valence-electron chi connectivity index (χ0n) is 18.7. The number of para-hydroxylation sites is 1. The summed E-state index contributed by atoms with van der Waals surface area (Å²) in [6.07, 6.45) is 2.24. The second-order valence-corrected chi connectivity index (χ2v) is 8.89. The number of benzene rings is 2. The van der Waals surface area contributed by atoms with E-state index in [0.29, 0.717) is 31.5 Å². The SMILES string of the molecule is CC(=O)N1CCC(ON=C(c2ccc(=O)n(-c3c(Cl)cccc3Cl)c2)c2ccc(F)cc2F)CC1. The quantitative estimate of drug-likeness (QED) is 0.343. The minimum atomic E-state index is -0.840. The van der Waals surface area contributed by atoms with Gasteiger partial charge < -0.3 is 9.74 Å². The largest absolute Gasteiger partial charge is 0.392 e. The lowest BCUT2D eigenvalue weighted by Gasteiger charge is -2.30. The molecule has 0 unspecified atom stereocenters. The Labute approximate surface area is 210 Å². The highest BCUT2D eigenvalue weighted by Gasteiger charge is 2.23. The number of rotatable bonds is 5. The van der Waals surface area contributed by atoms with Crippen molar-refractivity contribution in [3.63, 3.8) is 0 Å². The number of oxime groups is 1. The van der Waals surface area contributed by atoms with Crippen LogP contribution in [0.1, 0.15) is 30.9 Å². The molecule has 182 valence electrons. The van der Waals surface area contributed by atoms with Crippen LogP contribution in [-0.2, 0) is 9.63 Å². The van der Waals surface area contributed by atoms with Gasteiger partial charge in [-0.05, 0) is 30.3 Å². The standard InChI is InChI=1S/C25H21Cl2F2N3O3/c1-15(33)31-11-9-18(10-12-31)35-30-24(19-7-6-17(28)13-22(19)29)16-5-8-23(34)32(14-16)25-20(26)3-2-4-21(25)27/h2-8,13-14,18H,9-12H2,1H3. The molecule has 3 aromatic rings. The summed E-state index contributed by atoms with van der Waals surface area (Å²) in [6.45, 7) is 2.55. The van der Waals surface area contributed by atoms with E-state index in [2.05, 4.69) is 5.16 Å². The van der Waals surface area contributed by atoms with E-state index in [9.17, 15) is 18.4 Å². The summed E-state index contributed by atoms with van der Waals surface area (Å²) in [5, 5.41) is 4.72. The summed E-state index contributed by atoms with van der Waals surface area (Å²) in [4.78, 5) is 31.7. The fraction of sp³-hybridized carbons (Fsp3) is 0.240. The number of pyridine rings is 1. The molecular weight excluding hydrogens is 499 g/mol. The smallest absolute Gasteiger partial charge is 0.255 e. The van der Waals surface area contributed by atoms with Crippen LogP contribution < -0.4 is 5.56 Å². The van der Waals surface area contributed by atoms with Crippen molar-refractivity contribution in [1.82, 2.24) is 9.47 Å². The van der Waals surface area contributed by atoms with E-state index in [4.69, 9.17) is 28.0 Å². The van der Waals surface area contributed by atoms with Crippen LogP contribution in [0.2, 0.25) is 10.0 Å². The number of aromatic nitrogens is 1. The van der Waals surface area contributed by atoms with Crippen molar-refractivity contribution in [2.45, 2.75) is 25.9 Å². The highest BCUT2D eigenvalue weighted by Crippen LogP contribution is 2.28. The molecule has 0 N–H and O–H groups in total. The summed E-state index contributed by atoms with van der Waals surface area (Å²) in [5.41, 5.74) is 0.225. The molecular formula is C25H21Cl2F2N3O3. The van der Waals surface area contributed by atoms with Crippen LogP contribution >= 0.6 is 23.2 Å². The molecule has 0 radical (unpaired) electrons. The third-order valence-electron chi connectivity index (χ3n) is 5.73. The molecule has 1 aliphatic heterocycles. The maximum Gasteiger partial charge on any atom is 0.255 e. The van der Waals surface area contributed by atoms with Gasteiger partial charge in [0.05, 0.1) is 15.7 Å². The Morgan fingerprint density at radius 1 is 1.06 bits per heavy atom. The zero-order chi connectivity index (χ0) is 25.1. The number of hydrogen-bond acceptors (Lipinski definition) is 4. The van der Waals surface area contributed by atoms with Gasteiger partial charge in [0.25, 0.3) is 5.56 Å². The molecule has 1 fully saturated rings. The van der Waals surface area contributed by atoms with Gasteiger partial charge in [-0.2, -0.15) is 0 Å². The number of carbonyl (C=O) groups excluding carboxylic acids is 1. The second-order valence-electron chi connectivity index (χ2n) is 8.07. The van der Waals surface area contributed by atoms with Gasteiger partial charge in [0, 0.05) is 62.3 Å². The van der Waals surface area contributed by atoms with E-state index < -0.39 is 17.2 Å². The molecule has 1 aliphatic rings. The van der Waals surface area contributed by atoms with Crippen LogP contribution in [0.4, 0.5) is 8.78 Å². The number of halogens is 4. The summed E-state index contributed by atoms with van der Waals surface area (Å²) in [6, 6.07) is 10.7. The van der Waals surface area contributed by atoms with Crippen molar-refractivity contribution < 1.29 is 18.4 Å². The second kappa shape index (κ2) is 10.6. The Hall–Kier alpha value is -3.23. The molecule has 1 amide bonds. The van der Waals surface area contributed by atoms with Crippen LogP contribution in [0.3, 0.4) is 0 Å². The first-order chi connectivity index (χ1) is 16.7. The van der Waals surface area contributed by atoms with Gasteiger partial charge in [0.15, 0.2) is 0 Å². The number of piperidine rings is 1. The van der Waals surface area contributed by atoms with Gasteiger partial charge in [0.1, 0.15) is 23.5 Å². The third kappa shape index (κ3) is 5.55. The van der Waals surface area contributed by atoms with Crippen LogP contribution in [-0.4, -0.2) is 40.3 Å². The molecule has 2 heterocycles. The lowest BCUT2D eigenvalue weighted by molar-refractivity contribution is -0.131. The molecule has 10 heteroatoms. The minimum absolute atomic E-state index is 0.0111. The van der Waals surface area contributed by atoms with Crippen molar-refractivity contribution in [1.29, 1.82) is 0 Å². The number of nitrogens with zero attached hydrogens (tertiary/aromatic N) is 3. The van der Waals surface area contributed by atoms with Crippen LogP contribution in [0.25, 0.3) is 5.69 Å². The molecule has 0 aliphatic carbocycles. The molecule has 0 atom stereocenters. The van der Waals surface area contributed by atoms with Crippen molar-refractivity contribution in [2.24, 2.45) is 5.16 Å². The first kappa shape index (κ1) is 24.9. The molecule has 1 saturated heterocycles. The molecule has 0 spiro atoms. The first-order valence-electron chi connectivity index (χ1n) is 10.9. The van der Waals surface area contributed by atoms with Crippen molar-refractivity contribution in [2.75, 3.05) is 13.1 Å². The van der Waals surface area contributed by atoms with E-state index >= 15 is 0 Å². The lowest BCUT2D eigenvalue weighted by atomic mass is 10.0. The molecule has 0 bridgehead atoms. The van der Waals surface area contributed by atoms with Crippen molar-refractivity contribution in [3.8, 4) is 5.69 Å². The summed E-state index contributed by atoms with van der Waals surface area (Å²) in [7, 11) is 0. The van der Waals surface area contributed by atoms with E-state index in [-0.39, 0.29) is 39.0 Å². The van der Waals surface area contributed by atoms with E-state index in [1.54, 1.807) is 23.1 Å². The number of hydrogen-bond donors (Lipinski definition) is 0. The minimum Gasteiger partial charge on any atom is -0.392 e. The van der Waals surface area contributed by atoms with E-state index in [0.717, 1.165) is 12.1 Å². The average Bonchev–Trinajstić information content (AvgIpc) is 2.82. The summed E-state index contributed by atoms with van der Waals surface area (Å²) >= 11 is 12.6. The Balaban J connectivity index is 1.75. The summed E-state index contributed by atoms with van der Waals surface area (Å²) in [5.74, 6) is -1.59. The summed E-state index contributed by atoms with van der Waals surface area (Å²) < 4.78 is 29.6. The first-order valence-corrected chi connectivity index (χ1v) is 11.6. The lowest BCUT2D eigenvalue weighted by Crippen LogP contribution is -2.39. The predicted molar refractivity (Wildman–Crippen MR) is 130 cm³/mol. The van der Waals surface area contributed by atoms with E-state index in [1.165, 1.54) is 35.9 Å². The Kier molecular flexibility index (Phi) is 7.52. The van der Waals surface area contributed by atoms with Crippen molar-refractivity contribution >= 4 is 34.8 Å². The highest BCUT2D eigenvalue weighted by molar-refractivity contribution is 6.37. The van der Waals surface area contributed by atoms with Gasteiger partial charge in [-0.25, -0.2) is 8.78 Å². The highest BCUT2D eigenvalue weighted by atomic mass is 35.5. The molecule has 6 nitrogen and oxygen atoms in total. The number of amides is 1. The topological polar surface area (TPSA) is 63.9 Å². The normalized spacial score (nSPS) is 14.8. The fourth-order valence-corrected chi connectivity index (χ4v) is 4.44. The Morgan fingerprint density at radius 3 is 2.37 bits per heavy atom. The number of carbonyl (C=O) groups is 1. The van der Waals surface area contributed by atoms with Gasteiger partial charge in [-0.1, -0.05) is 34.4 Å². The maximum absolute atomic E-state index is 14.8. The van der Waals surface area contributed by atoms with E-state index in [1.807, 2.05) is 0 Å². The number of likely N-dealkylation sites (tertiary alicyclic amines) is 1. The predicted octanol–water partition coefficient (Wildman–Crippen LogP) is 5.20. The van der Waals surface area contributed by atoms with Crippen molar-refractivity contribution in [3.05, 3.63) is 97.9 Å². The van der Waals surface area contributed by atoms with Crippen LogP contribution in [0.15, 0.2) is 64.7 Å². The molecule has 35 heavy (non-hydrogen) atoms. The van der Waals surface area contributed by atoms with Gasteiger partial charge in [-0.3, -0.25) is 14.2 Å². The third-order valence-corrected chi connectivity index (χ3v) is 6.34. The molecule has 2 aromatic carbocycles. The molecule has 1 aromatic heterocycles. The van der Waals surface area contributed by atoms with Crippen LogP contribution in [0, 0.1) is 11.6 Å². The zero-order valence-corrected chi connectivity index (χ0v) is 20.2. The van der Waals surface area contributed by atoms with Gasteiger partial charge in [-0.15, -0.1) is 0 Å². The maximum atomic E-state index is 14.8. The Morgan fingerprint density at radius 2 is 1.74 bits per heavy atom. The monoisotopic (exact) mass is 519 g/mol. The van der Waals surface area contributed by atoms with Gasteiger partial charge >= 0.3 is 0 Å². The molecule has 4 rings (SSSR count).